The molecule has 2 aromatic rings. The molecule has 2 rings (SSSR count). The normalized spacial score (nSPS) is 10.4. The number of anilines is 2. The molecule has 0 bridgehead atoms. The maximum atomic E-state index is 12.2. The standard InChI is InChI=1S/C11H8BrF2N3O/c12-7-5-15-11(16-6-7)17-8-3-1-2-4-9(8)18-10(13)14/h1-6,10H,(H,15,16,17). The summed E-state index contributed by atoms with van der Waals surface area (Å²) in [6, 6.07) is 6.33. The van der Waals surface area contributed by atoms with Crippen LogP contribution in [0.4, 0.5) is 20.4 Å². The molecule has 0 fully saturated rings. The molecule has 0 saturated heterocycles. The van der Waals surface area contributed by atoms with Gasteiger partial charge in [0.05, 0.1) is 10.2 Å². The zero-order chi connectivity index (χ0) is 13.0. The van der Waals surface area contributed by atoms with E-state index >= 15 is 0 Å². The van der Waals surface area contributed by atoms with Crippen LogP contribution in [0.15, 0.2) is 41.1 Å². The number of nitrogens with zero attached hydrogens (tertiary/aromatic N) is 2. The average Bonchev–Trinajstić information content (AvgIpc) is 2.34. The molecule has 0 aliphatic rings. The number of alkyl halides is 2. The fourth-order valence-electron chi connectivity index (χ4n) is 1.27. The molecule has 0 aliphatic heterocycles. The summed E-state index contributed by atoms with van der Waals surface area (Å²) < 4.78 is 29.5. The van der Waals surface area contributed by atoms with Crippen molar-refractivity contribution in [3.8, 4) is 5.75 Å². The summed E-state index contributed by atoms with van der Waals surface area (Å²) in [4.78, 5) is 7.96. The number of hydrogen-bond donors (Lipinski definition) is 1. The number of ether oxygens (including phenoxy) is 1. The maximum Gasteiger partial charge on any atom is 0.387 e. The van der Waals surface area contributed by atoms with Crippen LogP contribution in [-0.2, 0) is 0 Å². The van der Waals surface area contributed by atoms with Gasteiger partial charge in [-0.25, -0.2) is 9.97 Å². The van der Waals surface area contributed by atoms with E-state index < -0.39 is 6.61 Å². The molecule has 94 valence electrons. The summed E-state index contributed by atoms with van der Waals surface area (Å²) in [7, 11) is 0. The minimum Gasteiger partial charge on any atom is -0.433 e. The van der Waals surface area contributed by atoms with E-state index in [0.29, 0.717) is 11.6 Å². The lowest BCUT2D eigenvalue weighted by molar-refractivity contribution is -0.0493. The Morgan fingerprint density at radius 2 is 1.83 bits per heavy atom. The lowest BCUT2D eigenvalue weighted by atomic mass is 10.3. The third kappa shape index (κ3) is 3.36. The van der Waals surface area contributed by atoms with Gasteiger partial charge in [0.25, 0.3) is 0 Å². The van der Waals surface area contributed by atoms with Crippen LogP contribution in [0, 0.1) is 0 Å². The van der Waals surface area contributed by atoms with Gasteiger partial charge >= 0.3 is 6.61 Å². The Labute approximate surface area is 110 Å². The Kier molecular flexibility index (Phi) is 4.03. The van der Waals surface area contributed by atoms with Crippen LogP contribution in [0.1, 0.15) is 0 Å². The molecule has 1 N–H and O–H groups in total. The Balaban J connectivity index is 2.20. The summed E-state index contributed by atoms with van der Waals surface area (Å²) in [5, 5.41) is 2.80. The first kappa shape index (κ1) is 12.7. The molecule has 0 atom stereocenters. The molecular formula is C11H8BrF2N3O. The van der Waals surface area contributed by atoms with Gasteiger partial charge in [-0.3, -0.25) is 0 Å². The number of para-hydroxylation sites is 2. The van der Waals surface area contributed by atoms with E-state index in [1.165, 1.54) is 6.07 Å². The van der Waals surface area contributed by atoms with Crippen LogP contribution in [0.25, 0.3) is 0 Å². The van der Waals surface area contributed by atoms with Gasteiger partial charge in [0, 0.05) is 12.4 Å². The van der Waals surface area contributed by atoms with Crippen molar-refractivity contribution in [2.75, 3.05) is 5.32 Å². The summed E-state index contributed by atoms with van der Waals surface area (Å²) in [5.41, 5.74) is 0.375. The minimum absolute atomic E-state index is 0.0408. The van der Waals surface area contributed by atoms with E-state index in [1.807, 2.05) is 0 Å². The number of benzene rings is 1. The van der Waals surface area contributed by atoms with E-state index in [-0.39, 0.29) is 5.75 Å². The van der Waals surface area contributed by atoms with Crippen molar-refractivity contribution in [3.63, 3.8) is 0 Å². The second kappa shape index (κ2) is 5.72. The molecule has 0 aliphatic carbocycles. The lowest BCUT2D eigenvalue weighted by Gasteiger charge is -2.11. The number of nitrogens with one attached hydrogen (secondary N) is 1. The van der Waals surface area contributed by atoms with Gasteiger partial charge in [0.15, 0.2) is 0 Å². The molecule has 18 heavy (non-hydrogen) atoms. The highest BCUT2D eigenvalue weighted by atomic mass is 79.9. The van der Waals surface area contributed by atoms with Crippen LogP contribution < -0.4 is 10.1 Å². The molecule has 0 spiro atoms. The van der Waals surface area contributed by atoms with E-state index in [1.54, 1.807) is 30.6 Å². The molecule has 0 unspecified atom stereocenters. The zero-order valence-corrected chi connectivity index (χ0v) is 10.6. The smallest absolute Gasteiger partial charge is 0.387 e. The number of rotatable bonds is 4. The Bertz CT molecular complexity index is 522. The predicted octanol–water partition coefficient (Wildman–Crippen LogP) is 3.58. The van der Waals surface area contributed by atoms with Gasteiger partial charge in [-0.05, 0) is 28.1 Å². The molecule has 1 heterocycles. The molecule has 7 heteroatoms. The molecular weight excluding hydrogens is 308 g/mol. The second-order valence-corrected chi connectivity index (χ2v) is 4.14. The van der Waals surface area contributed by atoms with Gasteiger partial charge in [-0.1, -0.05) is 12.1 Å². The first-order chi connectivity index (χ1) is 8.65. The van der Waals surface area contributed by atoms with Gasteiger partial charge in [0.1, 0.15) is 5.75 Å². The van der Waals surface area contributed by atoms with Crippen LogP contribution >= 0.6 is 15.9 Å². The number of halogens is 3. The topological polar surface area (TPSA) is 47.0 Å². The Hall–Kier alpha value is -1.76. The summed E-state index contributed by atoms with van der Waals surface area (Å²) >= 11 is 3.20. The third-order valence-electron chi connectivity index (χ3n) is 1.97. The van der Waals surface area contributed by atoms with Crippen molar-refractivity contribution in [1.82, 2.24) is 9.97 Å². The van der Waals surface area contributed by atoms with Crippen molar-refractivity contribution in [2.24, 2.45) is 0 Å². The van der Waals surface area contributed by atoms with Crippen molar-refractivity contribution in [3.05, 3.63) is 41.1 Å². The molecule has 0 amide bonds. The highest BCUT2D eigenvalue weighted by molar-refractivity contribution is 9.10. The Morgan fingerprint density at radius 3 is 2.50 bits per heavy atom. The third-order valence-corrected chi connectivity index (χ3v) is 2.38. The quantitative estimate of drug-likeness (QED) is 0.936. The number of hydrogen-bond acceptors (Lipinski definition) is 4. The van der Waals surface area contributed by atoms with Crippen molar-refractivity contribution < 1.29 is 13.5 Å². The van der Waals surface area contributed by atoms with Crippen LogP contribution in [0.5, 0.6) is 5.75 Å². The fraction of sp³-hybridized carbons (Fsp3) is 0.0909. The highest BCUT2D eigenvalue weighted by Gasteiger charge is 2.09. The van der Waals surface area contributed by atoms with Gasteiger partial charge < -0.3 is 10.1 Å². The van der Waals surface area contributed by atoms with Crippen LogP contribution in [-0.4, -0.2) is 16.6 Å². The minimum atomic E-state index is -2.88. The summed E-state index contributed by atoms with van der Waals surface area (Å²) in [6.07, 6.45) is 3.10. The SMILES string of the molecule is FC(F)Oc1ccccc1Nc1ncc(Br)cn1. The van der Waals surface area contributed by atoms with Gasteiger partial charge in [0.2, 0.25) is 5.95 Å². The lowest BCUT2D eigenvalue weighted by Crippen LogP contribution is -2.05. The maximum absolute atomic E-state index is 12.2. The van der Waals surface area contributed by atoms with E-state index in [2.05, 4.69) is 36.0 Å². The van der Waals surface area contributed by atoms with Crippen molar-refractivity contribution in [1.29, 1.82) is 0 Å². The van der Waals surface area contributed by atoms with Crippen LogP contribution in [0.2, 0.25) is 0 Å². The largest absolute Gasteiger partial charge is 0.433 e. The molecule has 1 aromatic carbocycles. The fourth-order valence-corrected chi connectivity index (χ4v) is 1.47. The first-order valence-electron chi connectivity index (χ1n) is 4.93. The monoisotopic (exact) mass is 315 g/mol. The number of aromatic nitrogens is 2. The van der Waals surface area contributed by atoms with Gasteiger partial charge in [-0.15, -0.1) is 0 Å². The Morgan fingerprint density at radius 1 is 1.17 bits per heavy atom. The predicted molar refractivity (Wildman–Crippen MR) is 66.1 cm³/mol. The molecule has 0 radical (unpaired) electrons. The van der Waals surface area contributed by atoms with E-state index in [9.17, 15) is 8.78 Å². The van der Waals surface area contributed by atoms with Gasteiger partial charge in [-0.2, -0.15) is 8.78 Å². The highest BCUT2D eigenvalue weighted by Crippen LogP contribution is 2.27. The zero-order valence-electron chi connectivity index (χ0n) is 8.98. The van der Waals surface area contributed by atoms with Crippen LogP contribution in [0.3, 0.4) is 0 Å². The van der Waals surface area contributed by atoms with Crippen molar-refractivity contribution in [2.45, 2.75) is 6.61 Å². The average molecular weight is 316 g/mol. The first-order valence-corrected chi connectivity index (χ1v) is 5.73. The molecule has 0 saturated carbocycles. The van der Waals surface area contributed by atoms with E-state index in [0.717, 1.165) is 4.47 Å². The second-order valence-electron chi connectivity index (χ2n) is 3.22. The van der Waals surface area contributed by atoms with E-state index in [4.69, 9.17) is 0 Å². The summed E-state index contributed by atoms with van der Waals surface area (Å²) in [5.74, 6) is 0.336. The van der Waals surface area contributed by atoms with Crippen molar-refractivity contribution >= 4 is 27.6 Å². The molecule has 1 aromatic heterocycles. The summed E-state index contributed by atoms with van der Waals surface area (Å²) in [6.45, 7) is -2.88. The molecule has 4 nitrogen and oxygen atoms in total.